The molecule has 2 rings (SSSR count). The molecule has 1 aromatic heterocycles. The Labute approximate surface area is 115 Å². The zero-order chi connectivity index (χ0) is 13.0. The molecule has 96 valence electrons. The minimum Gasteiger partial charge on any atom is -0.493 e. The monoisotopic (exact) mass is 284 g/mol. The number of para-hydroxylation sites is 1. The maximum Gasteiger partial charge on any atom is 0.167 e. The van der Waals surface area contributed by atoms with Gasteiger partial charge < -0.3 is 14.6 Å². The van der Waals surface area contributed by atoms with Gasteiger partial charge in [0, 0.05) is 10.4 Å². The standard InChI is InChI=1S/C13H13ClO3S/c1-16-11-4-2-3-9(7-15)13(11)17-8-10-5-6-12(14)18-10/h2-6,15H,7-8H2,1H3. The van der Waals surface area contributed by atoms with Crippen molar-refractivity contribution >= 4 is 22.9 Å². The van der Waals surface area contributed by atoms with Crippen LogP contribution in [-0.2, 0) is 13.2 Å². The molecule has 5 heteroatoms. The Bertz CT molecular complexity index is 502. The average Bonchev–Trinajstić information content (AvgIpc) is 2.81. The molecule has 0 radical (unpaired) electrons. The topological polar surface area (TPSA) is 38.7 Å². The third kappa shape index (κ3) is 2.96. The van der Waals surface area contributed by atoms with Gasteiger partial charge in [0.1, 0.15) is 6.61 Å². The van der Waals surface area contributed by atoms with Crippen LogP contribution in [0.2, 0.25) is 4.34 Å². The predicted molar refractivity (Wildman–Crippen MR) is 72.6 cm³/mol. The number of halogens is 1. The van der Waals surface area contributed by atoms with Gasteiger partial charge in [0.15, 0.2) is 11.5 Å². The van der Waals surface area contributed by atoms with Crippen LogP contribution in [0.5, 0.6) is 11.5 Å². The van der Waals surface area contributed by atoms with Crippen molar-refractivity contribution in [2.24, 2.45) is 0 Å². The third-order valence-electron chi connectivity index (χ3n) is 2.44. The van der Waals surface area contributed by atoms with Crippen LogP contribution >= 0.6 is 22.9 Å². The van der Waals surface area contributed by atoms with Crippen molar-refractivity contribution in [3.05, 3.63) is 45.1 Å². The van der Waals surface area contributed by atoms with E-state index < -0.39 is 0 Å². The number of thiophene rings is 1. The van der Waals surface area contributed by atoms with Crippen LogP contribution in [0.3, 0.4) is 0 Å². The lowest BCUT2D eigenvalue weighted by Crippen LogP contribution is -2.00. The van der Waals surface area contributed by atoms with Crippen molar-refractivity contribution in [2.75, 3.05) is 7.11 Å². The van der Waals surface area contributed by atoms with Crippen molar-refractivity contribution in [1.82, 2.24) is 0 Å². The van der Waals surface area contributed by atoms with Crippen molar-refractivity contribution in [3.8, 4) is 11.5 Å². The van der Waals surface area contributed by atoms with Gasteiger partial charge >= 0.3 is 0 Å². The van der Waals surface area contributed by atoms with Crippen molar-refractivity contribution in [1.29, 1.82) is 0 Å². The fourth-order valence-corrected chi connectivity index (χ4v) is 2.58. The van der Waals surface area contributed by atoms with Gasteiger partial charge in [-0.3, -0.25) is 0 Å². The van der Waals surface area contributed by atoms with Crippen LogP contribution in [0.1, 0.15) is 10.4 Å². The summed E-state index contributed by atoms with van der Waals surface area (Å²) >= 11 is 7.33. The highest BCUT2D eigenvalue weighted by atomic mass is 35.5. The van der Waals surface area contributed by atoms with Crippen LogP contribution in [0.25, 0.3) is 0 Å². The van der Waals surface area contributed by atoms with Crippen LogP contribution in [0.4, 0.5) is 0 Å². The molecule has 0 atom stereocenters. The van der Waals surface area contributed by atoms with Gasteiger partial charge in [0.05, 0.1) is 18.1 Å². The zero-order valence-corrected chi connectivity index (χ0v) is 11.4. The fraction of sp³-hybridized carbons (Fsp3) is 0.231. The van der Waals surface area contributed by atoms with E-state index in [0.29, 0.717) is 23.7 Å². The molecule has 1 N–H and O–H groups in total. The third-order valence-corrected chi connectivity index (χ3v) is 3.64. The Kier molecular flexibility index (Phi) is 4.47. The lowest BCUT2D eigenvalue weighted by Gasteiger charge is -2.13. The van der Waals surface area contributed by atoms with E-state index in [9.17, 15) is 5.11 Å². The number of benzene rings is 1. The molecule has 0 aliphatic heterocycles. The molecule has 0 aliphatic rings. The Morgan fingerprint density at radius 3 is 2.72 bits per heavy atom. The molecule has 18 heavy (non-hydrogen) atoms. The summed E-state index contributed by atoms with van der Waals surface area (Å²) in [5.41, 5.74) is 0.706. The summed E-state index contributed by atoms with van der Waals surface area (Å²) in [6, 6.07) is 9.18. The molecule has 3 nitrogen and oxygen atoms in total. The number of hydrogen-bond acceptors (Lipinski definition) is 4. The Balaban J connectivity index is 2.17. The van der Waals surface area contributed by atoms with E-state index in [0.717, 1.165) is 9.21 Å². The van der Waals surface area contributed by atoms with E-state index in [4.69, 9.17) is 21.1 Å². The number of aliphatic hydroxyl groups excluding tert-OH is 1. The highest BCUT2D eigenvalue weighted by Crippen LogP contribution is 2.32. The SMILES string of the molecule is COc1cccc(CO)c1OCc1ccc(Cl)s1. The maximum atomic E-state index is 9.29. The highest BCUT2D eigenvalue weighted by molar-refractivity contribution is 7.16. The van der Waals surface area contributed by atoms with E-state index in [-0.39, 0.29) is 6.61 Å². The van der Waals surface area contributed by atoms with Gasteiger partial charge in [-0.25, -0.2) is 0 Å². The maximum absolute atomic E-state index is 9.29. The Morgan fingerprint density at radius 1 is 1.28 bits per heavy atom. The number of aliphatic hydroxyl groups is 1. The van der Waals surface area contributed by atoms with Crippen molar-refractivity contribution in [3.63, 3.8) is 0 Å². The minimum atomic E-state index is -0.0856. The van der Waals surface area contributed by atoms with E-state index in [1.807, 2.05) is 18.2 Å². The lowest BCUT2D eigenvalue weighted by atomic mass is 10.2. The fourth-order valence-electron chi connectivity index (χ4n) is 1.58. The van der Waals surface area contributed by atoms with Crippen LogP contribution < -0.4 is 9.47 Å². The molecule has 0 saturated carbocycles. The molecule has 0 unspecified atom stereocenters. The first kappa shape index (κ1) is 13.2. The number of rotatable bonds is 5. The number of hydrogen-bond donors (Lipinski definition) is 1. The van der Waals surface area contributed by atoms with Crippen LogP contribution in [0.15, 0.2) is 30.3 Å². The van der Waals surface area contributed by atoms with Crippen molar-refractivity contribution in [2.45, 2.75) is 13.2 Å². The van der Waals surface area contributed by atoms with Gasteiger partial charge in [0.25, 0.3) is 0 Å². The zero-order valence-electron chi connectivity index (χ0n) is 9.85. The summed E-state index contributed by atoms with van der Waals surface area (Å²) < 4.78 is 11.7. The van der Waals surface area contributed by atoms with Crippen LogP contribution in [0, 0.1) is 0 Å². The first-order chi connectivity index (χ1) is 8.74. The second kappa shape index (κ2) is 6.09. The molecule has 0 aliphatic carbocycles. The normalized spacial score (nSPS) is 10.4. The Hall–Kier alpha value is -1.23. The van der Waals surface area contributed by atoms with Crippen LogP contribution in [-0.4, -0.2) is 12.2 Å². The number of ether oxygens (including phenoxy) is 2. The number of methoxy groups -OCH3 is 1. The van der Waals surface area contributed by atoms with Gasteiger partial charge in [-0.1, -0.05) is 23.7 Å². The molecule has 0 saturated heterocycles. The summed E-state index contributed by atoms with van der Waals surface area (Å²) in [5, 5.41) is 9.29. The molecule has 0 spiro atoms. The molecule has 0 fully saturated rings. The van der Waals surface area contributed by atoms with Gasteiger partial charge in [-0.15, -0.1) is 11.3 Å². The molecule has 0 bridgehead atoms. The molecule has 1 aromatic carbocycles. The summed E-state index contributed by atoms with van der Waals surface area (Å²) in [5.74, 6) is 1.19. The Morgan fingerprint density at radius 2 is 2.11 bits per heavy atom. The first-order valence-electron chi connectivity index (χ1n) is 5.38. The van der Waals surface area contributed by atoms with E-state index in [1.54, 1.807) is 19.2 Å². The molecular weight excluding hydrogens is 272 g/mol. The summed E-state index contributed by atoms with van der Waals surface area (Å²) in [4.78, 5) is 1.02. The highest BCUT2D eigenvalue weighted by Gasteiger charge is 2.10. The lowest BCUT2D eigenvalue weighted by molar-refractivity contribution is 0.251. The second-order valence-corrected chi connectivity index (χ2v) is 5.40. The van der Waals surface area contributed by atoms with Gasteiger partial charge in [0.2, 0.25) is 0 Å². The quantitative estimate of drug-likeness (QED) is 0.913. The van der Waals surface area contributed by atoms with E-state index >= 15 is 0 Å². The van der Waals surface area contributed by atoms with Crippen molar-refractivity contribution < 1.29 is 14.6 Å². The summed E-state index contributed by atoms with van der Waals surface area (Å²) in [7, 11) is 1.57. The predicted octanol–water partition coefficient (Wildman–Crippen LogP) is 3.48. The van der Waals surface area contributed by atoms with Gasteiger partial charge in [-0.05, 0) is 18.2 Å². The van der Waals surface area contributed by atoms with E-state index in [1.165, 1.54) is 11.3 Å². The largest absolute Gasteiger partial charge is 0.493 e. The average molecular weight is 285 g/mol. The molecule has 1 heterocycles. The summed E-state index contributed by atoms with van der Waals surface area (Å²) in [6.45, 7) is 0.322. The molecular formula is C13H13ClO3S. The smallest absolute Gasteiger partial charge is 0.167 e. The van der Waals surface area contributed by atoms with E-state index in [2.05, 4.69) is 0 Å². The first-order valence-corrected chi connectivity index (χ1v) is 6.57. The second-order valence-electron chi connectivity index (χ2n) is 3.60. The minimum absolute atomic E-state index is 0.0856. The van der Waals surface area contributed by atoms with Gasteiger partial charge in [-0.2, -0.15) is 0 Å². The molecule has 0 amide bonds. The summed E-state index contributed by atoms with van der Waals surface area (Å²) in [6.07, 6.45) is 0. The molecule has 2 aromatic rings.